The highest BCUT2D eigenvalue weighted by Crippen LogP contribution is 2.45. The van der Waals surface area contributed by atoms with Crippen LogP contribution in [0.4, 0.5) is 0 Å². The van der Waals surface area contributed by atoms with Crippen LogP contribution in [-0.4, -0.2) is 47.3 Å². The molecule has 4 aliphatic heterocycles. The molecule has 0 bridgehead atoms. The number of nitrogens with zero attached hydrogens (tertiary/aromatic N) is 1. The maximum absolute atomic E-state index is 13.2. The van der Waals surface area contributed by atoms with Gasteiger partial charge in [0.15, 0.2) is 0 Å². The number of piperidine rings is 2. The van der Waals surface area contributed by atoms with Crippen LogP contribution >= 0.6 is 23.1 Å². The number of hydrogen-bond acceptors (Lipinski definition) is 7. The highest BCUT2D eigenvalue weighted by atomic mass is 35.7. The van der Waals surface area contributed by atoms with Crippen LogP contribution in [0.2, 0.25) is 0 Å². The minimum Gasteiger partial charge on any atom is -0.365 e. The first-order valence-corrected chi connectivity index (χ1v) is 23.7. The van der Waals surface area contributed by atoms with Crippen LogP contribution in [0, 0.1) is 0 Å². The number of sulfonamides is 1. The number of hydrogen-bond donors (Lipinski definition) is 1. The third-order valence-corrected chi connectivity index (χ3v) is 15.1. The van der Waals surface area contributed by atoms with Gasteiger partial charge >= 0.3 is 0 Å². The van der Waals surface area contributed by atoms with Crippen molar-refractivity contribution in [2.45, 2.75) is 59.9 Å². The molecule has 0 aromatic heterocycles. The highest BCUT2D eigenvalue weighted by molar-refractivity contribution is 8.13. The Balaban J connectivity index is 0.000000148. The molecular weight excluding hydrogens is 836 g/mol. The van der Waals surface area contributed by atoms with Gasteiger partial charge in [-0.3, -0.25) is 0 Å². The van der Waals surface area contributed by atoms with Crippen molar-refractivity contribution >= 4 is 42.2 Å². The van der Waals surface area contributed by atoms with Gasteiger partial charge in [-0.25, -0.2) is 16.8 Å². The van der Waals surface area contributed by atoms with Crippen LogP contribution in [0.25, 0.3) is 22.3 Å². The fraction of sp³-hybridized carbons (Fsp3) is 0.250. The summed E-state index contributed by atoms with van der Waals surface area (Å²) in [5, 5.41) is 3.39. The zero-order valence-electron chi connectivity index (χ0n) is 33.1. The molecule has 0 atom stereocenters. The molecule has 4 heterocycles. The SMILES string of the molecule is Cl.O=S(=O)(Cl)c1ccc(-c2ccccc2)cc1.O=S(=O)(c1ccc(-c2ccccc2)cc1)N1CCC2(CC1)OCc1ccccc12.c1ccc2c(c1)COC21CCNCC1. The van der Waals surface area contributed by atoms with Crippen molar-refractivity contribution in [3.63, 3.8) is 0 Å². The van der Waals surface area contributed by atoms with Gasteiger partial charge in [-0.2, -0.15) is 4.31 Å². The zero-order chi connectivity index (χ0) is 40.9. The Morgan fingerprint density at radius 1 is 0.483 bits per heavy atom. The summed E-state index contributed by atoms with van der Waals surface area (Å²) < 4.78 is 62.2. The average Bonchev–Trinajstić information content (AvgIpc) is 3.82. The van der Waals surface area contributed by atoms with Gasteiger partial charge in [0, 0.05) is 23.8 Å². The maximum Gasteiger partial charge on any atom is 0.261 e. The van der Waals surface area contributed by atoms with Crippen molar-refractivity contribution in [2.75, 3.05) is 26.2 Å². The predicted molar refractivity (Wildman–Crippen MR) is 240 cm³/mol. The summed E-state index contributed by atoms with van der Waals surface area (Å²) in [5.74, 6) is 0. The molecule has 2 fully saturated rings. The van der Waals surface area contributed by atoms with E-state index < -0.39 is 19.1 Å². The molecule has 10 rings (SSSR count). The van der Waals surface area contributed by atoms with Crippen LogP contribution in [0.15, 0.2) is 168 Å². The van der Waals surface area contributed by atoms with E-state index in [4.69, 9.17) is 20.2 Å². The molecule has 12 heteroatoms. The van der Waals surface area contributed by atoms with Crippen LogP contribution in [0.5, 0.6) is 0 Å². The molecule has 4 aliphatic rings. The summed E-state index contributed by atoms with van der Waals surface area (Å²) in [6.45, 7) is 4.51. The van der Waals surface area contributed by atoms with Gasteiger partial charge in [0.05, 0.1) is 34.2 Å². The van der Waals surface area contributed by atoms with Crippen molar-refractivity contribution in [2.24, 2.45) is 0 Å². The largest absolute Gasteiger partial charge is 0.365 e. The van der Waals surface area contributed by atoms with E-state index in [-0.39, 0.29) is 28.5 Å². The van der Waals surface area contributed by atoms with Gasteiger partial charge in [-0.1, -0.05) is 133 Å². The summed E-state index contributed by atoms with van der Waals surface area (Å²) in [7, 11) is -1.91. The third-order valence-electron chi connectivity index (χ3n) is 11.8. The third kappa shape index (κ3) is 9.42. The second-order valence-electron chi connectivity index (χ2n) is 15.3. The van der Waals surface area contributed by atoms with E-state index in [1.54, 1.807) is 28.6 Å². The molecule has 2 saturated heterocycles. The molecule has 0 unspecified atom stereocenters. The lowest BCUT2D eigenvalue weighted by Gasteiger charge is -2.38. The Morgan fingerprint density at radius 2 is 0.867 bits per heavy atom. The van der Waals surface area contributed by atoms with Crippen molar-refractivity contribution in [1.29, 1.82) is 0 Å². The summed E-state index contributed by atoms with van der Waals surface area (Å²) in [4.78, 5) is 0.467. The van der Waals surface area contributed by atoms with E-state index in [2.05, 4.69) is 41.7 Å². The summed E-state index contributed by atoms with van der Waals surface area (Å²) in [6, 6.07) is 50.3. The zero-order valence-corrected chi connectivity index (χ0v) is 36.3. The molecule has 0 radical (unpaired) electrons. The minimum atomic E-state index is -3.63. The van der Waals surface area contributed by atoms with Gasteiger partial charge in [-0.05, 0) is 108 Å². The first-order valence-electron chi connectivity index (χ1n) is 20.0. The molecule has 6 aromatic rings. The van der Waals surface area contributed by atoms with Crippen LogP contribution in [0.1, 0.15) is 47.9 Å². The average molecular weight is 884 g/mol. The molecule has 60 heavy (non-hydrogen) atoms. The van der Waals surface area contributed by atoms with E-state index in [0.717, 1.165) is 54.8 Å². The second-order valence-corrected chi connectivity index (χ2v) is 19.8. The molecule has 1 N–H and O–H groups in total. The van der Waals surface area contributed by atoms with Gasteiger partial charge in [-0.15, -0.1) is 12.4 Å². The molecular formula is C48H48Cl2N2O6S2. The van der Waals surface area contributed by atoms with Crippen LogP contribution in [-0.2, 0) is 53.0 Å². The molecule has 6 aromatic carbocycles. The number of benzene rings is 6. The lowest BCUT2D eigenvalue weighted by molar-refractivity contribution is -0.0689. The van der Waals surface area contributed by atoms with Gasteiger partial charge in [0.25, 0.3) is 9.05 Å². The van der Waals surface area contributed by atoms with Crippen molar-refractivity contribution in [3.05, 3.63) is 180 Å². The highest BCUT2D eigenvalue weighted by Gasteiger charge is 2.45. The smallest absolute Gasteiger partial charge is 0.261 e. The Kier molecular flexibility index (Phi) is 13.6. The van der Waals surface area contributed by atoms with E-state index in [1.165, 1.54) is 34.4 Å². The van der Waals surface area contributed by atoms with E-state index >= 15 is 0 Å². The number of fused-ring (bicyclic) bond motifs is 4. The molecule has 0 saturated carbocycles. The first kappa shape index (κ1) is 43.7. The lowest BCUT2D eigenvalue weighted by Crippen LogP contribution is -2.45. The molecule has 8 nitrogen and oxygen atoms in total. The predicted octanol–water partition coefficient (Wildman–Crippen LogP) is 10.1. The fourth-order valence-corrected chi connectivity index (χ4v) is 10.8. The summed E-state index contributed by atoms with van der Waals surface area (Å²) >= 11 is 0. The van der Waals surface area contributed by atoms with Crippen LogP contribution < -0.4 is 5.32 Å². The van der Waals surface area contributed by atoms with E-state index in [1.807, 2.05) is 84.9 Å². The van der Waals surface area contributed by atoms with Gasteiger partial charge in [0.1, 0.15) is 0 Å². The molecule has 312 valence electrons. The second kappa shape index (κ2) is 18.7. The number of rotatable bonds is 5. The Hall–Kier alpha value is -4.36. The van der Waals surface area contributed by atoms with E-state index in [9.17, 15) is 16.8 Å². The van der Waals surface area contributed by atoms with Crippen molar-refractivity contribution in [1.82, 2.24) is 9.62 Å². The minimum absolute atomic E-state index is 0. The van der Waals surface area contributed by atoms with Crippen molar-refractivity contribution in [3.8, 4) is 22.3 Å². The standard InChI is InChI=1S/C24H23NO3S.C12H9ClO2S.C12H15NO.ClH/c26-29(27,22-12-10-20(11-13-22)19-6-2-1-3-7-19)25-16-14-24(15-17-25)23-9-5-4-8-21(23)18-28-24;13-16(14,15)12-8-6-11(7-9-12)10-4-2-1-3-5-10;1-2-4-11-10(3-1)9-14-12(11)5-7-13-8-6-12;/h1-13H,14-18H2;1-9H;1-4,13H,5-9H2;1H. The number of ether oxygens (including phenoxy) is 2. The van der Waals surface area contributed by atoms with Gasteiger partial charge in [0.2, 0.25) is 10.0 Å². The first-order chi connectivity index (χ1) is 28.6. The molecule has 2 spiro atoms. The topological polar surface area (TPSA) is 102 Å². The Bertz CT molecular complexity index is 2570. The van der Waals surface area contributed by atoms with Crippen LogP contribution in [0.3, 0.4) is 0 Å². The summed E-state index contributed by atoms with van der Waals surface area (Å²) in [6.07, 6.45) is 3.60. The molecule has 0 amide bonds. The molecule has 0 aliphatic carbocycles. The van der Waals surface area contributed by atoms with Crippen molar-refractivity contribution < 1.29 is 26.3 Å². The normalized spacial score (nSPS) is 17.6. The summed E-state index contributed by atoms with van der Waals surface area (Å²) in [5.41, 5.74) is 9.07. The Labute approximate surface area is 364 Å². The monoisotopic (exact) mass is 882 g/mol. The van der Waals surface area contributed by atoms with Gasteiger partial charge < -0.3 is 14.8 Å². The Morgan fingerprint density at radius 3 is 1.32 bits per heavy atom. The fourth-order valence-electron chi connectivity index (χ4n) is 8.55. The number of halogens is 2. The lowest BCUT2D eigenvalue weighted by atomic mass is 9.84. The van der Waals surface area contributed by atoms with E-state index in [0.29, 0.717) is 37.4 Å². The maximum atomic E-state index is 13.2. The quantitative estimate of drug-likeness (QED) is 0.172. The number of nitrogens with one attached hydrogen (secondary N) is 1.